The highest BCUT2D eigenvalue weighted by Crippen LogP contribution is 2.14. The van der Waals surface area contributed by atoms with Crippen molar-refractivity contribution in [2.75, 3.05) is 126 Å². The van der Waals surface area contributed by atoms with Crippen molar-refractivity contribution in [1.29, 1.82) is 0 Å². The van der Waals surface area contributed by atoms with Crippen molar-refractivity contribution >= 4 is 10.1 Å². The van der Waals surface area contributed by atoms with Gasteiger partial charge in [-0.2, -0.15) is 8.42 Å². The summed E-state index contributed by atoms with van der Waals surface area (Å²) in [6.07, 6.45) is 22.1. The van der Waals surface area contributed by atoms with Gasteiger partial charge in [-0.15, -0.1) is 0 Å². The number of hydrogen-bond acceptors (Lipinski definition) is 12. The molecule has 330 valence electrons. The van der Waals surface area contributed by atoms with Gasteiger partial charge >= 0.3 is 0 Å². The summed E-state index contributed by atoms with van der Waals surface area (Å²) in [6, 6.07) is 6.50. The molecule has 0 spiro atoms. The molecule has 0 bridgehead atoms. The van der Waals surface area contributed by atoms with Crippen LogP contribution in [0.2, 0.25) is 0 Å². The molecule has 0 saturated carbocycles. The highest BCUT2D eigenvalue weighted by Gasteiger charge is 2.14. The van der Waals surface area contributed by atoms with Crippen LogP contribution in [0, 0.1) is 6.92 Å². The first-order valence-electron chi connectivity index (χ1n) is 21.7. The molecule has 0 aliphatic rings. The van der Waals surface area contributed by atoms with E-state index >= 15 is 0 Å². The molecule has 56 heavy (non-hydrogen) atoms. The molecule has 0 unspecified atom stereocenters. The Morgan fingerprint density at radius 1 is 0.339 bits per heavy atom. The lowest BCUT2D eigenvalue weighted by atomic mass is 10.0. The van der Waals surface area contributed by atoms with Crippen molar-refractivity contribution in [2.24, 2.45) is 0 Å². The average Bonchev–Trinajstić information content (AvgIpc) is 3.19. The van der Waals surface area contributed by atoms with Gasteiger partial charge in [-0.3, -0.25) is 4.18 Å². The van der Waals surface area contributed by atoms with Gasteiger partial charge in [0.2, 0.25) is 0 Å². The summed E-state index contributed by atoms with van der Waals surface area (Å²) in [4.78, 5) is 0.133. The van der Waals surface area contributed by atoms with Crippen LogP contribution >= 0.6 is 0 Å². The Balaban J connectivity index is 1.64. The van der Waals surface area contributed by atoms with Crippen LogP contribution in [0.15, 0.2) is 29.2 Å². The van der Waals surface area contributed by atoms with Crippen molar-refractivity contribution in [3.8, 4) is 0 Å². The van der Waals surface area contributed by atoms with Crippen LogP contribution in [-0.4, -0.2) is 134 Å². The lowest BCUT2D eigenvalue weighted by molar-refractivity contribution is -0.0254. The van der Waals surface area contributed by atoms with E-state index in [1.165, 1.54) is 108 Å². The summed E-state index contributed by atoms with van der Waals surface area (Å²) in [7, 11) is -3.77. The first-order valence-corrected chi connectivity index (χ1v) is 23.1. The van der Waals surface area contributed by atoms with Crippen LogP contribution in [0.25, 0.3) is 0 Å². The normalized spacial score (nSPS) is 11.9. The van der Waals surface area contributed by atoms with Crippen LogP contribution in [-0.2, 0) is 56.9 Å². The minimum atomic E-state index is -3.77. The molecule has 1 aromatic carbocycles. The summed E-state index contributed by atoms with van der Waals surface area (Å²) in [5.74, 6) is 0. The van der Waals surface area contributed by atoms with Gasteiger partial charge in [0.25, 0.3) is 10.1 Å². The summed E-state index contributed by atoms with van der Waals surface area (Å²) in [5.41, 5.74) is 0.979. The molecule has 0 aliphatic heterocycles. The number of aryl methyl sites for hydroxylation is 1. The average molecular weight is 821 g/mol. The number of rotatable bonds is 46. The molecule has 12 nitrogen and oxygen atoms in total. The van der Waals surface area contributed by atoms with Crippen molar-refractivity contribution in [2.45, 2.75) is 121 Å². The van der Waals surface area contributed by atoms with Gasteiger partial charge in [0.05, 0.1) is 124 Å². The summed E-state index contributed by atoms with van der Waals surface area (Å²) in [6.45, 7) is 13.0. The van der Waals surface area contributed by atoms with Gasteiger partial charge in [-0.05, 0) is 25.5 Å². The molecule has 0 atom stereocenters. The van der Waals surface area contributed by atoms with Crippen LogP contribution in [0.5, 0.6) is 0 Å². The van der Waals surface area contributed by atoms with Gasteiger partial charge in [0, 0.05) is 6.61 Å². The molecule has 0 fully saturated rings. The van der Waals surface area contributed by atoms with E-state index < -0.39 is 10.1 Å². The molecule has 0 radical (unpaired) electrons. The first kappa shape index (κ1) is 52.8. The van der Waals surface area contributed by atoms with Crippen molar-refractivity contribution in [3.05, 3.63) is 29.8 Å². The third-order valence-electron chi connectivity index (χ3n) is 8.89. The first-order chi connectivity index (χ1) is 27.6. The van der Waals surface area contributed by atoms with Crippen molar-refractivity contribution < 1.29 is 55.2 Å². The quantitative estimate of drug-likeness (QED) is 0.0466. The standard InChI is InChI=1S/C43H80O12S/c1-3-4-5-6-7-8-9-10-11-12-13-14-15-16-17-18-23-46-24-25-47-26-27-48-28-29-49-30-31-50-32-33-51-34-35-52-36-37-53-38-39-54-40-41-55-56(44,45)43-21-19-42(2)20-22-43/h19-22H,3-18,23-41H2,1-2H3. The van der Waals surface area contributed by atoms with Crippen LogP contribution in [0.4, 0.5) is 0 Å². The zero-order valence-electron chi connectivity index (χ0n) is 35.4. The number of ether oxygens (including phenoxy) is 9. The van der Waals surface area contributed by atoms with Crippen LogP contribution in [0.1, 0.15) is 115 Å². The summed E-state index contributed by atoms with van der Waals surface area (Å²) >= 11 is 0. The second kappa shape index (κ2) is 41.9. The fourth-order valence-corrected chi connectivity index (χ4v) is 6.48. The predicted molar refractivity (Wildman–Crippen MR) is 221 cm³/mol. The number of unbranched alkanes of at least 4 members (excludes halogenated alkanes) is 15. The van der Waals surface area contributed by atoms with Gasteiger partial charge in [0.1, 0.15) is 0 Å². The molecule has 0 aromatic heterocycles. The Morgan fingerprint density at radius 3 is 0.893 bits per heavy atom. The molecule has 1 rings (SSSR count). The maximum absolute atomic E-state index is 12.1. The van der Waals surface area contributed by atoms with Crippen molar-refractivity contribution in [3.63, 3.8) is 0 Å². The smallest absolute Gasteiger partial charge is 0.297 e. The fraction of sp³-hybridized carbons (Fsp3) is 0.860. The molecule has 0 N–H and O–H groups in total. The van der Waals surface area contributed by atoms with Gasteiger partial charge in [0.15, 0.2) is 0 Å². The topological polar surface area (TPSA) is 126 Å². The monoisotopic (exact) mass is 821 g/mol. The second-order valence-electron chi connectivity index (χ2n) is 13.9. The Kier molecular flexibility index (Phi) is 39.5. The lowest BCUT2D eigenvalue weighted by Gasteiger charge is -2.09. The van der Waals surface area contributed by atoms with Crippen molar-refractivity contribution in [1.82, 2.24) is 0 Å². The van der Waals surface area contributed by atoms with Crippen LogP contribution in [0.3, 0.4) is 0 Å². The third-order valence-corrected chi connectivity index (χ3v) is 10.2. The maximum atomic E-state index is 12.1. The zero-order chi connectivity index (χ0) is 40.3. The van der Waals surface area contributed by atoms with Gasteiger partial charge in [-0.25, -0.2) is 0 Å². The minimum absolute atomic E-state index is 0.0545. The molecule has 0 amide bonds. The van der Waals surface area contributed by atoms with E-state index in [1.54, 1.807) is 12.1 Å². The molecule has 1 aromatic rings. The van der Waals surface area contributed by atoms with Crippen LogP contribution < -0.4 is 0 Å². The van der Waals surface area contributed by atoms with E-state index in [1.807, 2.05) is 6.92 Å². The lowest BCUT2D eigenvalue weighted by Crippen LogP contribution is -2.15. The summed E-state index contributed by atoms with van der Waals surface area (Å²) < 4.78 is 78.8. The van der Waals surface area contributed by atoms with Gasteiger partial charge < -0.3 is 42.6 Å². The van der Waals surface area contributed by atoms with E-state index in [9.17, 15) is 8.42 Å². The Morgan fingerprint density at radius 2 is 0.589 bits per heavy atom. The largest absolute Gasteiger partial charge is 0.379 e. The predicted octanol–water partition coefficient (Wildman–Crippen LogP) is 8.11. The second-order valence-corrected chi connectivity index (χ2v) is 15.5. The van der Waals surface area contributed by atoms with E-state index in [0.29, 0.717) is 106 Å². The highest BCUT2D eigenvalue weighted by atomic mass is 32.2. The number of hydrogen-bond donors (Lipinski definition) is 0. The number of benzene rings is 1. The molecule has 0 saturated heterocycles. The van der Waals surface area contributed by atoms with E-state index in [0.717, 1.165) is 18.6 Å². The van der Waals surface area contributed by atoms with E-state index in [2.05, 4.69) is 6.92 Å². The van der Waals surface area contributed by atoms with Gasteiger partial charge in [-0.1, -0.05) is 121 Å². The highest BCUT2D eigenvalue weighted by molar-refractivity contribution is 7.86. The Hall–Kier alpha value is -1.23. The molecular formula is C43H80O12S. The third kappa shape index (κ3) is 37.1. The van der Waals surface area contributed by atoms with E-state index in [4.69, 9.17) is 46.8 Å². The molecule has 0 aliphatic carbocycles. The van der Waals surface area contributed by atoms with E-state index in [-0.39, 0.29) is 18.1 Å². The molecule has 13 heteroatoms. The Labute approximate surface area is 341 Å². The molecular weight excluding hydrogens is 741 g/mol. The maximum Gasteiger partial charge on any atom is 0.297 e. The fourth-order valence-electron chi connectivity index (χ4n) is 5.59. The Bertz CT molecular complexity index is 1030. The minimum Gasteiger partial charge on any atom is -0.379 e. The summed E-state index contributed by atoms with van der Waals surface area (Å²) in [5, 5.41) is 0. The zero-order valence-corrected chi connectivity index (χ0v) is 36.2. The SMILES string of the molecule is CCCCCCCCCCCCCCCCCCOCCOCCOCCOCCOCCOCCOCCOCCOCCOS(=O)(=O)c1ccc(C)cc1. The molecule has 0 heterocycles.